The molecule has 0 saturated carbocycles. The minimum atomic E-state index is 0.405. The predicted octanol–water partition coefficient (Wildman–Crippen LogP) is 1.46. The Bertz CT molecular complexity index is 348. The van der Waals surface area contributed by atoms with Gasteiger partial charge in [0.2, 0.25) is 5.91 Å². The second-order valence-electron chi connectivity index (χ2n) is 7.06. The van der Waals surface area contributed by atoms with Crippen molar-refractivity contribution in [1.29, 1.82) is 0 Å². The van der Waals surface area contributed by atoms with Crippen molar-refractivity contribution in [2.75, 3.05) is 26.7 Å². The number of carbonyl (C=O) groups is 1. The van der Waals surface area contributed by atoms with Gasteiger partial charge in [-0.25, -0.2) is 0 Å². The number of piperazine rings is 1. The summed E-state index contributed by atoms with van der Waals surface area (Å²) in [5, 5.41) is 3.66. The highest BCUT2D eigenvalue weighted by atomic mass is 16.2. The molecule has 114 valence electrons. The summed E-state index contributed by atoms with van der Waals surface area (Å²) in [6.07, 6.45) is 7.00. The van der Waals surface area contributed by atoms with Gasteiger partial charge >= 0.3 is 0 Å². The molecule has 3 saturated heterocycles. The lowest BCUT2D eigenvalue weighted by Crippen LogP contribution is -2.53. The van der Waals surface area contributed by atoms with Crippen LogP contribution in [0.4, 0.5) is 0 Å². The number of piperidine rings is 1. The van der Waals surface area contributed by atoms with E-state index in [0.29, 0.717) is 30.0 Å². The molecule has 0 aliphatic carbocycles. The predicted molar refractivity (Wildman–Crippen MR) is 80.6 cm³/mol. The maximum atomic E-state index is 12.6. The molecular weight excluding hydrogens is 250 g/mol. The van der Waals surface area contributed by atoms with Gasteiger partial charge in [-0.2, -0.15) is 0 Å². The van der Waals surface area contributed by atoms with Crippen LogP contribution in [0.5, 0.6) is 0 Å². The second kappa shape index (κ2) is 6.02. The van der Waals surface area contributed by atoms with E-state index < -0.39 is 0 Å². The quantitative estimate of drug-likeness (QED) is 0.849. The molecule has 4 heteroatoms. The molecule has 3 fully saturated rings. The van der Waals surface area contributed by atoms with Crippen LogP contribution in [-0.2, 0) is 4.79 Å². The van der Waals surface area contributed by atoms with E-state index in [1.807, 2.05) is 0 Å². The van der Waals surface area contributed by atoms with Gasteiger partial charge in [0.25, 0.3) is 0 Å². The van der Waals surface area contributed by atoms with Gasteiger partial charge in [-0.05, 0) is 45.1 Å². The maximum Gasteiger partial charge on any atom is 0.222 e. The summed E-state index contributed by atoms with van der Waals surface area (Å²) in [5.41, 5.74) is 0. The standard InChI is InChI=1S/C16H29N3O/c1-3-15-11-19(7-6-18(15)2)16(20)10-12-8-13-4-5-14(9-12)17-13/h12-15,17H,3-11H2,1-2H3. The van der Waals surface area contributed by atoms with Crippen molar-refractivity contribution in [3.63, 3.8) is 0 Å². The lowest BCUT2D eigenvalue weighted by Gasteiger charge is -2.40. The van der Waals surface area contributed by atoms with E-state index in [0.717, 1.165) is 32.5 Å². The zero-order valence-corrected chi connectivity index (χ0v) is 13.0. The van der Waals surface area contributed by atoms with Gasteiger partial charge in [-0.1, -0.05) is 6.92 Å². The van der Waals surface area contributed by atoms with E-state index in [9.17, 15) is 4.79 Å². The minimum Gasteiger partial charge on any atom is -0.340 e. The Morgan fingerprint density at radius 2 is 1.90 bits per heavy atom. The Balaban J connectivity index is 1.51. The summed E-state index contributed by atoms with van der Waals surface area (Å²) in [6, 6.07) is 1.95. The lowest BCUT2D eigenvalue weighted by atomic mass is 9.89. The van der Waals surface area contributed by atoms with Crippen LogP contribution in [-0.4, -0.2) is 60.5 Å². The highest BCUT2D eigenvalue weighted by molar-refractivity contribution is 5.76. The molecule has 1 N–H and O–H groups in total. The molecule has 0 aromatic carbocycles. The van der Waals surface area contributed by atoms with Gasteiger partial charge in [-0.15, -0.1) is 0 Å². The van der Waals surface area contributed by atoms with Crippen LogP contribution in [0.3, 0.4) is 0 Å². The lowest BCUT2D eigenvalue weighted by molar-refractivity contribution is -0.135. The molecule has 0 radical (unpaired) electrons. The number of hydrogen-bond donors (Lipinski definition) is 1. The molecule has 3 aliphatic rings. The van der Waals surface area contributed by atoms with Crippen LogP contribution < -0.4 is 5.32 Å². The van der Waals surface area contributed by atoms with Gasteiger partial charge in [0.15, 0.2) is 0 Å². The van der Waals surface area contributed by atoms with E-state index in [4.69, 9.17) is 0 Å². The summed E-state index contributed by atoms with van der Waals surface area (Å²) in [5.74, 6) is 1.03. The monoisotopic (exact) mass is 279 g/mol. The molecule has 3 heterocycles. The molecule has 0 aromatic rings. The first-order chi connectivity index (χ1) is 9.65. The molecule has 1 amide bonds. The van der Waals surface area contributed by atoms with Crippen molar-refractivity contribution < 1.29 is 4.79 Å². The van der Waals surface area contributed by atoms with Crippen LogP contribution >= 0.6 is 0 Å². The van der Waals surface area contributed by atoms with Crippen molar-refractivity contribution in [3.8, 4) is 0 Å². The van der Waals surface area contributed by atoms with Crippen LogP contribution in [0.2, 0.25) is 0 Å². The van der Waals surface area contributed by atoms with Crippen molar-refractivity contribution in [1.82, 2.24) is 15.1 Å². The molecule has 3 atom stereocenters. The molecule has 0 spiro atoms. The second-order valence-corrected chi connectivity index (χ2v) is 7.06. The summed E-state index contributed by atoms with van der Waals surface area (Å²) >= 11 is 0. The zero-order chi connectivity index (χ0) is 14.1. The molecule has 2 bridgehead atoms. The first-order valence-corrected chi connectivity index (χ1v) is 8.39. The van der Waals surface area contributed by atoms with Gasteiger partial charge in [0, 0.05) is 44.2 Å². The van der Waals surface area contributed by atoms with E-state index in [1.54, 1.807) is 0 Å². The summed E-state index contributed by atoms with van der Waals surface area (Å²) in [4.78, 5) is 17.1. The number of nitrogens with zero attached hydrogens (tertiary/aromatic N) is 2. The summed E-state index contributed by atoms with van der Waals surface area (Å²) in [7, 11) is 2.18. The first kappa shape index (κ1) is 14.3. The maximum absolute atomic E-state index is 12.6. The highest BCUT2D eigenvalue weighted by Gasteiger charge is 2.35. The highest BCUT2D eigenvalue weighted by Crippen LogP contribution is 2.33. The average molecular weight is 279 g/mol. The van der Waals surface area contributed by atoms with Crippen LogP contribution in [0.1, 0.15) is 45.4 Å². The Morgan fingerprint density at radius 1 is 1.20 bits per heavy atom. The van der Waals surface area contributed by atoms with Crippen molar-refractivity contribution in [2.24, 2.45) is 5.92 Å². The van der Waals surface area contributed by atoms with Crippen molar-refractivity contribution >= 4 is 5.91 Å². The number of carbonyl (C=O) groups excluding carboxylic acids is 1. The fourth-order valence-electron chi connectivity index (χ4n) is 4.33. The smallest absolute Gasteiger partial charge is 0.222 e. The Hall–Kier alpha value is -0.610. The molecule has 4 nitrogen and oxygen atoms in total. The molecule has 3 unspecified atom stereocenters. The van der Waals surface area contributed by atoms with E-state index >= 15 is 0 Å². The summed E-state index contributed by atoms with van der Waals surface area (Å²) in [6.45, 7) is 5.11. The van der Waals surface area contributed by atoms with Gasteiger partial charge < -0.3 is 10.2 Å². The van der Waals surface area contributed by atoms with Crippen LogP contribution in [0.15, 0.2) is 0 Å². The first-order valence-electron chi connectivity index (χ1n) is 8.39. The van der Waals surface area contributed by atoms with Crippen molar-refractivity contribution in [2.45, 2.75) is 63.6 Å². The van der Waals surface area contributed by atoms with Gasteiger partial charge in [0.05, 0.1) is 0 Å². The summed E-state index contributed by atoms with van der Waals surface area (Å²) < 4.78 is 0. The molecule has 20 heavy (non-hydrogen) atoms. The number of hydrogen-bond acceptors (Lipinski definition) is 3. The third kappa shape index (κ3) is 3.01. The molecule has 3 rings (SSSR count). The number of amides is 1. The number of fused-ring (bicyclic) bond motifs is 2. The van der Waals surface area contributed by atoms with E-state index in [2.05, 4.69) is 29.1 Å². The minimum absolute atomic E-state index is 0.405. The van der Waals surface area contributed by atoms with Crippen LogP contribution in [0.25, 0.3) is 0 Å². The van der Waals surface area contributed by atoms with E-state index in [1.165, 1.54) is 25.7 Å². The Labute approximate surface area is 122 Å². The number of likely N-dealkylation sites (N-methyl/N-ethyl adjacent to an activating group) is 1. The van der Waals surface area contributed by atoms with Crippen LogP contribution in [0, 0.1) is 5.92 Å². The Kier molecular flexibility index (Phi) is 4.32. The van der Waals surface area contributed by atoms with Gasteiger partial charge in [-0.3, -0.25) is 9.69 Å². The van der Waals surface area contributed by atoms with Gasteiger partial charge in [0.1, 0.15) is 0 Å². The fourth-order valence-corrected chi connectivity index (χ4v) is 4.33. The fraction of sp³-hybridized carbons (Fsp3) is 0.938. The molecule has 0 aromatic heterocycles. The largest absolute Gasteiger partial charge is 0.340 e. The number of nitrogens with one attached hydrogen (secondary N) is 1. The third-order valence-corrected chi connectivity index (χ3v) is 5.64. The molecule has 3 aliphatic heterocycles. The number of rotatable bonds is 3. The topological polar surface area (TPSA) is 35.6 Å². The van der Waals surface area contributed by atoms with E-state index in [-0.39, 0.29) is 0 Å². The third-order valence-electron chi connectivity index (χ3n) is 5.64. The SMILES string of the molecule is CCC1CN(C(=O)CC2CC3CCC(C2)N3)CCN1C. The Morgan fingerprint density at radius 3 is 2.55 bits per heavy atom. The zero-order valence-electron chi connectivity index (χ0n) is 13.0. The van der Waals surface area contributed by atoms with Crippen molar-refractivity contribution in [3.05, 3.63) is 0 Å². The normalized spacial score (nSPS) is 38.2. The molecular formula is C16H29N3O. The average Bonchev–Trinajstić information content (AvgIpc) is 2.78.